The normalized spacial score (nSPS) is 10.4. The molecule has 0 radical (unpaired) electrons. The van der Waals surface area contributed by atoms with Crippen molar-refractivity contribution in [2.24, 2.45) is 7.05 Å². The van der Waals surface area contributed by atoms with Crippen LogP contribution < -0.4 is 0 Å². The van der Waals surface area contributed by atoms with Gasteiger partial charge in [-0.25, -0.2) is 0 Å². The molecule has 0 amide bonds. The molecule has 0 spiro atoms. The zero-order valence-corrected chi connectivity index (χ0v) is 11.0. The second-order valence-corrected chi connectivity index (χ2v) is 4.41. The van der Waals surface area contributed by atoms with E-state index in [0.717, 1.165) is 22.4 Å². The van der Waals surface area contributed by atoms with E-state index in [1.165, 1.54) is 11.1 Å². The SMILES string of the molecule is Cc1c(C#N)cc(-c2cnn(C)c2)cc1-n1ncnn1. The quantitative estimate of drug-likeness (QED) is 0.696. The highest BCUT2D eigenvalue weighted by Gasteiger charge is 2.12. The van der Waals surface area contributed by atoms with Gasteiger partial charge in [-0.2, -0.15) is 10.4 Å². The summed E-state index contributed by atoms with van der Waals surface area (Å²) in [6.45, 7) is 1.87. The second kappa shape index (κ2) is 4.59. The van der Waals surface area contributed by atoms with E-state index in [0.29, 0.717) is 5.56 Å². The Hall–Kier alpha value is -3.01. The number of nitrogens with zero attached hydrogens (tertiary/aromatic N) is 7. The highest BCUT2D eigenvalue weighted by Crippen LogP contribution is 2.26. The van der Waals surface area contributed by atoms with Gasteiger partial charge in [-0.15, -0.1) is 15.0 Å². The zero-order valence-electron chi connectivity index (χ0n) is 11.0. The van der Waals surface area contributed by atoms with E-state index in [-0.39, 0.29) is 0 Å². The van der Waals surface area contributed by atoms with Crippen molar-refractivity contribution < 1.29 is 0 Å². The van der Waals surface area contributed by atoms with Crippen LogP contribution in [-0.4, -0.2) is 30.0 Å². The molecule has 7 heteroatoms. The lowest BCUT2D eigenvalue weighted by atomic mass is 10.0. The first-order chi connectivity index (χ1) is 9.69. The number of benzene rings is 1. The van der Waals surface area contributed by atoms with Gasteiger partial charge in [0.25, 0.3) is 0 Å². The van der Waals surface area contributed by atoms with Gasteiger partial charge in [0.15, 0.2) is 6.33 Å². The summed E-state index contributed by atoms with van der Waals surface area (Å²) in [5.41, 5.74) is 3.97. The minimum Gasteiger partial charge on any atom is -0.275 e. The molecule has 0 saturated carbocycles. The molecular formula is C13H11N7. The Bertz CT molecular complexity index is 793. The summed E-state index contributed by atoms with van der Waals surface area (Å²) in [6, 6.07) is 5.96. The molecule has 0 atom stereocenters. The Kier molecular flexibility index (Phi) is 2.76. The van der Waals surface area contributed by atoms with Crippen molar-refractivity contribution in [3.63, 3.8) is 0 Å². The van der Waals surface area contributed by atoms with Crippen molar-refractivity contribution in [3.05, 3.63) is 42.0 Å². The van der Waals surface area contributed by atoms with Crippen molar-refractivity contribution >= 4 is 0 Å². The Labute approximate surface area is 115 Å². The molecule has 0 aliphatic rings. The van der Waals surface area contributed by atoms with E-state index >= 15 is 0 Å². The monoisotopic (exact) mass is 265 g/mol. The van der Waals surface area contributed by atoms with Gasteiger partial charge >= 0.3 is 0 Å². The second-order valence-electron chi connectivity index (χ2n) is 4.41. The van der Waals surface area contributed by atoms with E-state index in [1.54, 1.807) is 10.9 Å². The van der Waals surface area contributed by atoms with Gasteiger partial charge in [0, 0.05) is 18.8 Å². The van der Waals surface area contributed by atoms with Crippen LogP contribution in [0.2, 0.25) is 0 Å². The summed E-state index contributed by atoms with van der Waals surface area (Å²) in [4.78, 5) is 1.41. The van der Waals surface area contributed by atoms with Gasteiger partial charge in [-0.1, -0.05) is 0 Å². The minimum atomic E-state index is 0.582. The summed E-state index contributed by atoms with van der Waals surface area (Å²) in [6.07, 6.45) is 5.01. The Morgan fingerprint density at radius 1 is 1.20 bits per heavy atom. The van der Waals surface area contributed by atoms with Crippen LogP contribution in [0.15, 0.2) is 30.9 Å². The van der Waals surface area contributed by atoms with Crippen molar-refractivity contribution in [2.45, 2.75) is 6.92 Å². The Morgan fingerprint density at radius 3 is 2.65 bits per heavy atom. The average molecular weight is 265 g/mol. The highest BCUT2D eigenvalue weighted by atomic mass is 15.6. The maximum absolute atomic E-state index is 9.28. The molecule has 0 unspecified atom stereocenters. The molecule has 3 aromatic rings. The number of aryl methyl sites for hydroxylation is 1. The molecule has 0 saturated heterocycles. The van der Waals surface area contributed by atoms with Gasteiger partial charge in [0.2, 0.25) is 0 Å². The number of hydrogen-bond donors (Lipinski definition) is 0. The summed E-state index contributed by atoms with van der Waals surface area (Å²) in [5.74, 6) is 0. The van der Waals surface area contributed by atoms with Crippen LogP contribution in [0, 0.1) is 18.3 Å². The van der Waals surface area contributed by atoms with Crippen molar-refractivity contribution in [1.29, 1.82) is 5.26 Å². The number of aromatic nitrogens is 6. The van der Waals surface area contributed by atoms with Crippen LogP contribution in [0.25, 0.3) is 16.8 Å². The molecule has 3 rings (SSSR count). The molecule has 7 nitrogen and oxygen atoms in total. The summed E-state index contributed by atoms with van der Waals surface area (Å²) < 4.78 is 1.72. The van der Waals surface area contributed by atoms with Crippen molar-refractivity contribution in [2.75, 3.05) is 0 Å². The summed E-state index contributed by atoms with van der Waals surface area (Å²) in [7, 11) is 1.85. The highest BCUT2D eigenvalue weighted by molar-refractivity contribution is 5.69. The molecule has 20 heavy (non-hydrogen) atoms. The molecule has 2 heterocycles. The van der Waals surface area contributed by atoms with E-state index in [2.05, 4.69) is 26.6 Å². The average Bonchev–Trinajstić information content (AvgIpc) is 3.10. The van der Waals surface area contributed by atoms with Crippen molar-refractivity contribution in [1.82, 2.24) is 30.0 Å². The third-order valence-corrected chi connectivity index (χ3v) is 3.10. The van der Waals surface area contributed by atoms with E-state index in [9.17, 15) is 5.26 Å². The van der Waals surface area contributed by atoms with Gasteiger partial charge in [0.1, 0.15) is 0 Å². The first kappa shape index (κ1) is 12.0. The van der Waals surface area contributed by atoms with Crippen LogP contribution in [0.4, 0.5) is 0 Å². The number of rotatable bonds is 2. The Morgan fingerprint density at radius 2 is 2.05 bits per heavy atom. The van der Waals surface area contributed by atoms with Gasteiger partial charge in [0.05, 0.1) is 23.5 Å². The molecule has 0 bridgehead atoms. The molecular weight excluding hydrogens is 254 g/mol. The first-order valence-corrected chi connectivity index (χ1v) is 5.96. The van der Waals surface area contributed by atoms with Gasteiger partial charge in [-0.05, 0) is 35.4 Å². The first-order valence-electron chi connectivity index (χ1n) is 5.96. The summed E-state index contributed by atoms with van der Waals surface area (Å²) >= 11 is 0. The number of nitriles is 1. The molecule has 0 aliphatic heterocycles. The summed E-state index contributed by atoms with van der Waals surface area (Å²) in [5, 5.41) is 25.0. The zero-order chi connectivity index (χ0) is 14.1. The van der Waals surface area contributed by atoms with Crippen molar-refractivity contribution in [3.8, 4) is 22.9 Å². The molecule has 0 N–H and O–H groups in total. The van der Waals surface area contributed by atoms with Crippen LogP contribution in [-0.2, 0) is 7.05 Å². The lowest BCUT2D eigenvalue weighted by molar-refractivity contribution is 0.715. The molecule has 2 aromatic heterocycles. The molecule has 98 valence electrons. The maximum atomic E-state index is 9.28. The van der Waals surface area contributed by atoms with E-state index < -0.39 is 0 Å². The predicted octanol–water partition coefficient (Wildman–Crippen LogP) is 1.24. The fourth-order valence-corrected chi connectivity index (χ4v) is 2.04. The topological polar surface area (TPSA) is 85.2 Å². The van der Waals surface area contributed by atoms with Gasteiger partial charge < -0.3 is 0 Å². The maximum Gasteiger partial charge on any atom is 0.162 e. The van der Waals surface area contributed by atoms with Crippen LogP contribution in [0.1, 0.15) is 11.1 Å². The van der Waals surface area contributed by atoms with E-state index in [4.69, 9.17) is 0 Å². The van der Waals surface area contributed by atoms with Crippen LogP contribution in [0.3, 0.4) is 0 Å². The lowest BCUT2D eigenvalue weighted by Gasteiger charge is -2.08. The fraction of sp³-hybridized carbons (Fsp3) is 0.154. The van der Waals surface area contributed by atoms with Crippen LogP contribution in [0.5, 0.6) is 0 Å². The van der Waals surface area contributed by atoms with Crippen LogP contribution >= 0.6 is 0 Å². The Balaban J connectivity index is 2.23. The number of hydrogen-bond acceptors (Lipinski definition) is 5. The third kappa shape index (κ3) is 1.93. The predicted molar refractivity (Wildman–Crippen MR) is 70.8 cm³/mol. The lowest BCUT2D eigenvalue weighted by Crippen LogP contribution is -2.03. The van der Waals surface area contributed by atoms with E-state index in [1.807, 2.05) is 32.3 Å². The molecule has 0 fully saturated rings. The largest absolute Gasteiger partial charge is 0.275 e. The fourth-order valence-electron chi connectivity index (χ4n) is 2.04. The number of tetrazole rings is 1. The smallest absolute Gasteiger partial charge is 0.162 e. The minimum absolute atomic E-state index is 0.582. The standard InChI is InChI=1S/C13H11N7/c1-9-11(5-14)3-10(12-6-16-19(2)7-12)4-13(9)20-17-8-15-18-20/h3-4,6-8H,1-2H3. The molecule has 1 aromatic carbocycles. The third-order valence-electron chi connectivity index (χ3n) is 3.10. The molecule has 0 aliphatic carbocycles. The van der Waals surface area contributed by atoms with Gasteiger partial charge in [-0.3, -0.25) is 4.68 Å².